The fourth-order valence-electron chi connectivity index (χ4n) is 8.12. The van der Waals surface area contributed by atoms with Gasteiger partial charge in [0.25, 0.3) is 0 Å². The molecule has 4 heterocycles. The molecular formula is C33H38N2O3. The minimum atomic E-state index is -0.297. The van der Waals surface area contributed by atoms with Crippen molar-refractivity contribution in [2.45, 2.75) is 70.5 Å². The molecule has 5 nitrogen and oxygen atoms in total. The van der Waals surface area contributed by atoms with E-state index < -0.39 is 0 Å². The lowest BCUT2D eigenvalue weighted by Crippen LogP contribution is -2.59. The largest absolute Gasteiger partial charge is 0.507 e. The number of phenolic OH excluding ortho intramolecular Hbond substituents is 1. The van der Waals surface area contributed by atoms with Crippen molar-refractivity contribution in [2.75, 3.05) is 19.6 Å². The van der Waals surface area contributed by atoms with Crippen molar-refractivity contribution in [1.29, 1.82) is 0 Å². The maximum Gasteiger partial charge on any atom is 0.340 e. The van der Waals surface area contributed by atoms with Crippen LogP contribution in [0.2, 0.25) is 0 Å². The van der Waals surface area contributed by atoms with Crippen molar-refractivity contribution in [3.8, 4) is 5.75 Å². The molecule has 1 aromatic heterocycles. The van der Waals surface area contributed by atoms with E-state index in [1.54, 1.807) is 11.6 Å². The van der Waals surface area contributed by atoms with Gasteiger partial charge in [0.1, 0.15) is 11.3 Å². The molecule has 4 atom stereocenters. The molecule has 1 aliphatic carbocycles. The lowest BCUT2D eigenvalue weighted by atomic mass is 9.68. The summed E-state index contributed by atoms with van der Waals surface area (Å²) < 4.78 is 6.02. The summed E-state index contributed by atoms with van der Waals surface area (Å²) in [6.45, 7) is 6.07. The lowest BCUT2D eigenvalue weighted by Gasteiger charge is -2.54. The lowest BCUT2D eigenvalue weighted by molar-refractivity contribution is -0.00274. The molecule has 0 radical (unpaired) electrons. The molecule has 2 bridgehead atoms. The third kappa shape index (κ3) is 4.11. The number of aromatic hydroxyl groups is 1. The van der Waals surface area contributed by atoms with Crippen LogP contribution in [0.4, 0.5) is 0 Å². The Morgan fingerprint density at radius 3 is 2.76 bits per heavy atom. The molecule has 38 heavy (non-hydrogen) atoms. The zero-order chi connectivity index (χ0) is 25.8. The molecule has 1 N–H and O–H groups in total. The number of fused-ring (bicyclic) bond motifs is 7. The number of benzene rings is 2. The number of aryl methyl sites for hydroxylation is 1. The van der Waals surface area contributed by atoms with Gasteiger partial charge in [0.2, 0.25) is 0 Å². The highest BCUT2D eigenvalue weighted by Gasteiger charge is 2.46. The molecule has 0 spiro atoms. The third-order valence-corrected chi connectivity index (χ3v) is 9.88. The average molecular weight is 511 g/mol. The summed E-state index contributed by atoms with van der Waals surface area (Å²) in [7, 11) is 0. The van der Waals surface area contributed by atoms with Crippen LogP contribution in [-0.2, 0) is 13.0 Å². The monoisotopic (exact) mass is 510 g/mol. The normalized spacial score (nSPS) is 27.6. The molecule has 198 valence electrons. The minimum absolute atomic E-state index is 0.223. The van der Waals surface area contributed by atoms with Crippen molar-refractivity contribution >= 4 is 11.0 Å². The highest BCUT2D eigenvalue weighted by atomic mass is 16.4. The van der Waals surface area contributed by atoms with E-state index in [4.69, 9.17) is 4.42 Å². The van der Waals surface area contributed by atoms with Crippen molar-refractivity contribution < 1.29 is 9.52 Å². The second-order valence-electron chi connectivity index (χ2n) is 12.1. The van der Waals surface area contributed by atoms with E-state index in [1.165, 1.54) is 45.2 Å². The van der Waals surface area contributed by atoms with Crippen LogP contribution in [0.15, 0.2) is 63.3 Å². The summed E-state index contributed by atoms with van der Waals surface area (Å²) in [4.78, 5) is 18.6. The standard InChI is InChI=1S/C33H38N2O3/c1-21-26-12-13-30(36)28(32(26)38-33(37)27(21)16-22-8-3-2-4-9-22)20-35-15-7-10-23-17-24-18-25(31(23)35)19-34-14-6-5-11-29(24)34/h2-4,8-9,12-13,17,24-25,29,31,36H,5-7,10-11,14-16,18-20H2,1H3. The predicted molar refractivity (Wildman–Crippen MR) is 150 cm³/mol. The van der Waals surface area contributed by atoms with Gasteiger partial charge in [-0.3, -0.25) is 9.80 Å². The first-order valence-corrected chi connectivity index (χ1v) is 14.6. The predicted octanol–water partition coefficient (Wildman–Crippen LogP) is 5.79. The first-order chi connectivity index (χ1) is 18.6. The van der Waals surface area contributed by atoms with Gasteiger partial charge in [-0.05, 0) is 87.2 Å². The van der Waals surface area contributed by atoms with Crippen molar-refractivity contribution in [3.05, 3.63) is 86.8 Å². The molecule has 3 aromatic rings. The number of hydrogen-bond acceptors (Lipinski definition) is 5. The number of nitrogens with zero attached hydrogens (tertiary/aromatic N) is 2. The van der Waals surface area contributed by atoms with Crippen molar-refractivity contribution in [2.24, 2.45) is 11.8 Å². The summed E-state index contributed by atoms with van der Waals surface area (Å²) >= 11 is 0. The Morgan fingerprint density at radius 1 is 1.03 bits per heavy atom. The zero-order valence-electron chi connectivity index (χ0n) is 22.4. The van der Waals surface area contributed by atoms with E-state index in [9.17, 15) is 9.90 Å². The molecular weight excluding hydrogens is 472 g/mol. The summed E-state index contributed by atoms with van der Waals surface area (Å²) in [6, 6.07) is 14.9. The van der Waals surface area contributed by atoms with E-state index in [0.717, 1.165) is 41.1 Å². The summed E-state index contributed by atoms with van der Waals surface area (Å²) in [6.07, 6.45) is 10.9. The third-order valence-electron chi connectivity index (χ3n) is 9.88. The molecule has 3 fully saturated rings. The summed E-state index contributed by atoms with van der Waals surface area (Å²) in [5, 5.41) is 12.0. The molecule has 3 aliphatic heterocycles. The number of rotatable bonds is 4. The van der Waals surface area contributed by atoms with Gasteiger partial charge in [0.15, 0.2) is 0 Å². The highest BCUT2D eigenvalue weighted by Crippen LogP contribution is 2.46. The van der Waals surface area contributed by atoms with E-state index in [-0.39, 0.29) is 11.4 Å². The highest BCUT2D eigenvalue weighted by molar-refractivity contribution is 5.85. The van der Waals surface area contributed by atoms with Crippen LogP contribution in [0.5, 0.6) is 5.75 Å². The topological polar surface area (TPSA) is 56.9 Å². The quantitative estimate of drug-likeness (QED) is 0.356. The molecule has 7 rings (SSSR count). The maximum atomic E-state index is 13.2. The van der Waals surface area contributed by atoms with Gasteiger partial charge in [-0.2, -0.15) is 0 Å². The number of likely N-dealkylation sites (tertiary alicyclic amines) is 1. The fourth-order valence-corrected chi connectivity index (χ4v) is 8.12. The van der Waals surface area contributed by atoms with Gasteiger partial charge in [0.05, 0.1) is 5.56 Å². The number of piperidine rings is 3. The molecule has 3 saturated heterocycles. The molecule has 5 heteroatoms. The van der Waals surface area contributed by atoms with Crippen molar-refractivity contribution in [3.63, 3.8) is 0 Å². The van der Waals surface area contributed by atoms with Gasteiger partial charge in [-0.25, -0.2) is 4.79 Å². The van der Waals surface area contributed by atoms with Gasteiger partial charge in [-0.15, -0.1) is 0 Å². The number of hydrogen-bond donors (Lipinski definition) is 1. The SMILES string of the molecule is Cc1c(Cc2ccccc2)c(=O)oc2c(CN3CCCC4=CC5CC(CN6CCCCC56)C43)c(O)ccc12. The van der Waals surface area contributed by atoms with Crippen LogP contribution in [0.1, 0.15) is 60.8 Å². The second kappa shape index (κ2) is 9.69. The first-order valence-electron chi connectivity index (χ1n) is 14.6. The van der Waals surface area contributed by atoms with E-state index in [2.05, 4.69) is 15.9 Å². The molecule has 4 unspecified atom stereocenters. The Hall–Kier alpha value is -2.89. The number of phenols is 1. The molecule has 2 aromatic carbocycles. The maximum absolute atomic E-state index is 13.2. The minimum Gasteiger partial charge on any atom is -0.507 e. The smallest absolute Gasteiger partial charge is 0.340 e. The van der Waals surface area contributed by atoms with Crippen LogP contribution in [-0.4, -0.2) is 46.6 Å². The Labute approximate surface area is 224 Å². The van der Waals surface area contributed by atoms with Gasteiger partial charge >= 0.3 is 5.63 Å². The van der Waals surface area contributed by atoms with E-state index in [1.807, 2.05) is 43.3 Å². The summed E-state index contributed by atoms with van der Waals surface area (Å²) in [5.74, 6) is 1.56. The zero-order valence-corrected chi connectivity index (χ0v) is 22.4. The second-order valence-corrected chi connectivity index (χ2v) is 12.1. The first kappa shape index (κ1) is 24.2. The average Bonchev–Trinajstić information content (AvgIpc) is 2.93. The van der Waals surface area contributed by atoms with Crippen LogP contribution < -0.4 is 5.63 Å². The van der Waals surface area contributed by atoms with Crippen LogP contribution in [0.3, 0.4) is 0 Å². The van der Waals surface area contributed by atoms with E-state index >= 15 is 0 Å². The van der Waals surface area contributed by atoms with Gasteiger partial charge < -0.3 is 9.52 Å². The Bertz CT molecular complexity index is 1440. The van der Waals surface area contributed by atoms with E-state index in [0.29, 0.717) is 42.0 Å². The van der Waals surface area contributed by atoms with Crippen LogP contribution >= 0.6 is 0 Å². The molecule has 0 saturated carbocycles. The molecule has 0 amide bonds. The summed E-state index contributed by atoms with van der Waals surface area (Å²) in [5.41, 5.74) is 5.36. The van der Waals surface area contributed by atoms with Gasteiger partial charge in [-0.1, -0.05) is 48.4 Å². The van der Waals surface area contributed by atoms with Crippen LogP contribution in [0, 0.1) is 18.8 Å². The Balaban J connectivity index is 1.23. The Morgan fingerprint density at radius 2 is 1.89 bits per heavy atom. The fraction of sp³-hybridized carbons (Fsp3) is 0.485. The van der Waals surface area contributed by atoms with Gasteiger partial charge in [0, 0.05) is 42.5 Å². The molecule has 4 aliphatic rings. The van der Waals surface area contributed by atoms with Crippen LogP contribution in [0.25, 0.3) is 11.0 Å². The van der Waals surface area contributed by atoms with Crippen molar-refractivity contribution in [1.82, 2.24) is 9.80 Å². The Kier molecular flexibility index (Phi) is 6.17.